The number of aromatic nitrogens is 1. The monoisotopic (exact) mass is 295 g/mol. The third-order valence-corrected chi connectivity index (χ3v) is 4.37. The first-order valence-corrected chi connectivity index (χ1v) is 8.52. The molecule has 1 aromatic carbocycles. The molecule has 2 rings (SSSR count). The van der Waals surface area contributed by atoms with E-state index in [2.05, 4.69) is 63.0 Å². The largest absolute Gasteiger partial charge is 0.264 e. The Bertz CT molecular complexity index is 576. The van der Waals surface area contributed by atoms with Crippen molar-refractivity contribution in [3.8, 4) is 0 Å². The molecule has 0 saturated heterocycles. The summed E-state index contributed by atoms with van der Waals surface area (Å²) in [7, 11) is 0. The summed E-state index contributed by atoms with van der Waals surface area (Å²) in [5.41, 5.74) is 5.99. The SMILES string of the molecule is CCc1cnccc1CCCCc1ccc(C(C)(C)C)cc1. The molecule has 0 aliphatic heterocycles. The van der Waals surface area contributed by atoms with Gasteiger partial charge in [-0.2, -0.15) is 0 Å². The van der Waals surface area contributed by atoms with Gasteiger partial charge in [0, 0.05) is 12.4 Å². The quantitative estimate of drug-likeness (QED) is 0.641. The van der Waals surface area contributed by atoms with Gasteiger partial charge in [0.2, 0.25) is 0 Å². The zero-order valence-corrected chi connectivity index (χ0v) is 14.5. The highest BCUT2D eigenvalue weighted by Gasteiger charge is 2.12. The van der Waals surface area contributed by atoms with Crippen LogP contribution in [0.5, 0.6) is 0 Å². The highest BCUT2D eigenvalue weighted by Crippen LogP contribution is 2.22. The molecule has 0 bridgehead atoms. The number of unbranched alkanes of at least 4 members (excludes halogenated alkanes) is 1. The first kappa shape index (κ1) is 16.7. The Morgan fingerprint density at radius 2 is 1.55 bits per heavy atom. The van der Waals surface area contributed by atoms with E-state index in [4.69, 9.17) is 0 Å². The van der Waals surface area contributed by atoms with E-state index in [0.717, 1.165) is 6.42 Å². The van der Waals surface area contributed by atoms with Gasteiger partial charge >= 0.3 is 0 Å². The minimum Gasteiger partial charge on any atom is -0.264 e. The Morgan fingerprint density at radius 3 is 2.18 bits per heavy atom. The molecule has 0 aliphatic carbocycles. The summed E-state index contributed by atoms with van der Waals surface area (Å²) in [6.45, 7) is 9.00. The smallest absolute Gasteiger partial charge is 0.0302 e. The minimum absolute atomic E-state index is 0.246. The Balaban J connectivity index is 1.82. The molecule has 0 N–H and O–H groups in total. The van der Waals surface area contributed by atoms with Crippen molar-refractivity contribution in [2.45, 2.75) is 65.2 Å². The van der Waals surface area contributed by atoms with Crippen LogP contribution in [0, 0.1) is 0 Å². The summed E-state index contributed by atoms with van der Waals surface area (Å²) in [5, 5.41) is 0. The van der Waals surface area contributed by atoms with Crippen molar-refractivity contribution in [3.05, 3.63) is 65.0 Å². The number of nitrogens with zero attached hydrogens (tertiary/aromatic N) is 1. The van der Waals surface area contributed by atoms with Crippen LogP contribution in [0.4, 0.5) is 0 Å². The lowest BCUT2D eigenvalue weighted by atomic mass is 9.86. The molecular formula is C21H29N. The maximum absolute atomic E-state index is 4.22. The molecule has 0 spiro atoms. The van der Waals surface area contributed by atoms with Crippen molar-refractivity contribution in [2.75, 3.05) is 0 Å². The van der Waals surface area contributed by atoms with Crippen molar-refractivity contribution in [1.82, 2.24) is 4.98 Å². The third-order valence-electron chi connectivity index (χ3n) is 4.37. The molecule has 0 radical (unpaired) electrons. The molecule has 22 heavy (non-hydrogen) atoms. The lowest BCUT2D eigenvalue weighted by Gasteiger charge is -2.19. The van der Waals surface area contributed by atoms with Crippen molar-refractivity contribution < 1.29 is 0 Å². The van der Waals surface area contributed by atoms with Crippen LogP contribution >= 0.6 is 0 Å². The predicted molar refractivity (Wildman–Crippen MR) is 95.4 cm³/mol. The fraction of sp³-hybridized carbons (Fsp3) is 0.476. The zero-order valence-electron chi connectivity index (χ0n) is 14.5. The molecule has 1 heterocycles. The highest BCUT2D eigenvalue weighted by molar-refractivity contribution is 5.27. The Kier molecular flexibility index (Phi) is 5.76. The van der Waals surface area contributed by atoms with Gasteiger partial charge in [0.1, 0.15) is 0 Å². The first-order chi connectivity index (χ1) is 10.5. The lowest BCUT2D eigenvalue weighted by Crippen LogP contribution is -2.10. The first-order valence-electron chi connectivity index (χ1n) is 8.52. The number of benzene rings is 1. The van der Waals surface area contributed by atoms with Crippen LogP contribution in [0.3, 0.4) is 0 Å². The molecular weight excluding hydrogens is 266 g/mol. The summed E-state index contributed by atoms with van der Waals surface area (Å²) < 4.78 is 0. The number of pyridine rings is 1. The molecule has 0 fully saturated rings. The maximum Gasteiger partial charge on any atom is 0.0302 e. The van der Waals surface area contributed by atoms with Gasteiger partial charge in [-0.15, -0.1) is 0 Å². The summed E-state index contributed by atoms with van der Waals surface area (Å²) in [5.74, 6) is 0. The fourth-order valence-corrected chi connectivity index (χ4v) is 2.83. The molecule has 0 saturated carbocycles. The molecule has 1 nitrogen and oxygen atoms in total. The van der Waals surface area contributed by atoms with E-state index in [-0.39, 0.29) is 5.41 Å². The molecule has 1 aromatic heterocycles. The molecule has 2 aromatic rings. The van der Waals surface area contributed by atoms with Crippen molar-refractivity contribution in [3.63, 3.8) is 0 Å². The summed E-state index contributed by atoms with van der Waals surface area (Å²) in [6, 6.07) is 11.3. The van der Waals surface area contributed by atoms with Gasteiger partial charge < -0.3 is 0 Å². The third kappa shape index (κ3) is 4.69. The Labute approximate surface area is 135 Å². The van der Waals surface area contributed by atoms with Crippen LogP contribution in [0.15, 0.2) is 42.7 Å². The second-order valence-corrected chi connectivity index (χ2v) is 7.15. The molecule has 0 aliphatic rings. The van der Waals surface area contributed by atoms with Crippen LogP contribution in [0.25, 0.3) is 0 Å². The minimum atomic E-state index is 0.246. The van der Waals surface area contributed by atoms with E-state index in [9.17, 15) is 0 Å². The van der Waals surface area contributed by atoms with Crippen molar-refractivity contribution >= 4 is 0 Å². The van der Waals surface area contributed by atoms with Gasteiger partial charge in [-0.25, -0.2) is 0 Å². The average Bonchev–Trinajstić information content (AvgIpc) is 2.51. The van der Waals surface area contributed by atoms with Crippen molar-refractivity contribution in [1.29, 1.82) is 0 Å². The summed E-state index contributed by atoms with van der Waals surface area (Å²) >= 11 is 0. The summed E-state index contributed by atoms with van der Waals surface area (Å²) in [4.78, 5) is 4.22. The van der Waals surface area contributed by atoms with E-state index in [1.165, 1.54) is 47.9 Å². The van der Waals surface area contributed by atoms with Gasteiger partial charge in [0.25, 0.3) is 0 Å². The Hall–Kier alpha value is -1.63. The highest BCUT2D eigenvalue weighted by atomic mass is 14.6. The number of hydrogen-bond donors (Lipinski definition) is 0. The van der Waals surface area contributed by atoms with Gasteiger partial charge in [0.05, 0.1) is 0 Å². The fourth-order valence-electron chi connectivity index (χ4n) is 2.83. The van der Waals surface area contributed by atoms with Gasteiger partial charge in [-0.1, -0.05) is 52.0 Å². The van der Waals surface area contributed by atoms with E-state index >= 15 is 0 Å². The second kappa shape index (κ2) is 7.58. The van der Waals surface area contributed by atoms with Crippen LogP contribution < -0.4 is 0 Å². The topological polar surface area (TPSA) is 12.9 Å². The molecule has 118 valence electrons. The standard InChI is InChI=1S/C21H29N/c1-5-18-16-22-15-14-19(18)9-7-6-8-17-10-12-20(13-11-17)21(2,3)4/h10-16H,5-9H2,1-4H3. The Morgan fingerprint density at radius 1 is 0.864 bits per heavy atom. The van der Waals surface area contributed by atoms with Crippen LogP contribution in [-0.2, 0) is 24.7 Å². The van der Waals surface area contributed by atoms with E-state index in [0.29, 0.717) is 0 Å². The normalized spacial score (nSPS) is 11.6. The molecule has 0 amide bonds. The molecule has 1 heteroatoms. The zero-order chi connectivity index (χ0) is 16.0. The van der Waals surface area contributed by atoms with E-state index < -0.39 is 0 Å². The number of aryl methyl sites for hydroxylation is 3. The number of hydrogen-bond acceptors (Lipinski definition) is 1. The van der Waals surface area contributed by atoms with Gasteiger partial charge in [-0.05, 0) is 65.8 Å². The van der Waals surface area contributed by atoms with Crippen molar-refractivity contribution in [2.24, 2.45) is 0 Å². The summed E-state index contributed by atoms with van der Waals surface area (Å²) in [6.07, 6.45) is 9.86. The van der Waals surface area contributed by atoms with Gasteiger partial charge in [-0.3, -0.25) is 4.98 Å². The van der Waals surface area contributed by atoms with E-state index in [1.807, 2.05) is 12.4 Å². The van der Waals surface area contributed by atoms with Gasteiger partial charge in [0.15, 0.2) is 0 Å². The second-order valence-electron chi connectivity index (χ2n) is 7.15. The van der Waals surface area contributed by atoms with Crippen LogP contribution in [0.1, 0.15) is 62.8 Å². The van der Waals surface area contributed by atoms with Crippen LogP contribution in [0.2, 0.25) is 0 Å². The molecule has 0 atom stereocenters. The molecule has 0 unspecified atom stereocenters. The maximum atomic E-state index is 4.22. The number of rotatable bonds is 6. The van der Waals surface area contributed by atoms with Crippen LogP contribution in [-0.4, -0.2) is 4.98 Å². The lowest BCUT2D eigenvalue weighted by molar-refractivity contribution is 0.590. The average molecular weight is 295 g/mol. The van der Waals surface area contributed by atoms with E-state index in [1.54, 1.807) is 0 Å². The predicted octanol–water partition coefficient (Wildman–Crippen LogP) is 5.51.